The summed E-state index contributed by atoms with van der Waals surface area (Å²) in [6.07, 6.45) is 1.44. The van der Waals surface area contributed by atoms with Gasteiger partial charge in [-0.1, -0.05) is 30.3 Å². The van der Waals surface area contributed by atoms with E-state index in [1.165, 1.54) is 12.1 Å². The third-order valence-corrected chi connectivity index (χ3v) is 6.15. The van der Waals surface area contributed by atoms with Gasteiger partial charge in [-0.3, -0.25) is 4.79 Å². The van der Waals surface area contributed by atoms with Crippen molar-refractivity contribution in [1.29, 1.82) is 0 Å². The second-order valence-electron chi connectivity index (χ2n) is 4.25. The molecule has 0 N–H and O–H groups in total. The van der Waals surface area contributed by atoms with E-state index in [4.69, 9.17) is 0 Å². The van der Waals surface area contributed by atoms with Crippen LogP contribution in [0.15, 0.2) is 60.9 Å². The number of nitrogens with zero attached hydrogens (tertiary/aromatic N) is 1. The summed E-state index contributed by atoms with van der Waals surface area (Å²) in [7, 11) is -3.77. The molecule has 2 aromatic rings. The number of thiophene rings is 1. The van der Waals surface area contributed by atoms with E-state index in [2.05, 4.69) is 20.3 Å². The molecule has 0 amide bonds. The van der Waals surface area contributed by atoms with Gasteiger partial charge in [0.1, 0.15) is 4.21 Å². The van der Waals surface area contributed by atoms with Crippen molar-refractivity contribution < 1.29 is 13.2 Å². The highest BCUT2D eigenvalue weighted by molar-refractivity contribution is 9.12. The Balaban J connectivity index is 2.19. The Kier molecular flexibility index (Phi) is 3.64. The van der Waals surface area contributed by atoms with Gasteiger partial charge in [0.25, 0.3) is 10.0 Å². The highest BCUT2D eigenvalue weighted by Gasteiger charge is 2.24. The number of benzene rings is 1. The van der Waals surface area contributed by atoms with Crippen LogP contribution in [0.25, 0.3) is 0 Å². The van der Waals surface area contributed by atoms with E-state index in [-0.39, 0.29) is 15.7 Å². The minimum atomic E-state index is -3.77. The quantitative estimate of drug-likeness (QED) is 0.800. The minimum absolute atomic E-state index is 0.175. The number of rotatable bonds is 2. The van der Waals surface area contributed by atoms with Crippen molar-refractivity contribution in [3.8, 4) is 0 Å². The van der Waals surface area contributed by atoms with E-state index < -0.39 is 10.0 Å². The van der Waals surface area contributed by atoms with Crippen LogP contribution in [-0.2, 0) is 10.0 Å². The van der Waals surface area contributed by atoms with E-state index in [0.29, 0.717) is 15.6 Å². The molecule has 21 heavy (non-hydrogen) atoms. The van der Waals surface area contributed by atoms with Crippen molar-refractivity contribution in [2.75, 3.05) is 0 Å². The summed E-state index contributed by atoms with van der Waals surface area (Å²) in [5, 5.41) is 1.68. The smallest absolute Gasteiger partial charge is 0.288 e. The molecule has 4 nitrogen and oxygen atoms in total. The maximum absolute atomic E-state index is 12.3. The predicted octanol–water partition coefficient (Wildman–Crippen LogP) is 3.40. The van der Waals surface area contributed by atoms with Crippen LogP contribution in [0.2, 0.25) is 0 Å². The molecule has 0 fully saturated rings. The molecule has 0 unspecified atom stereocenters. The first-order valence-electron chi connectivity index (χ1n) is 5.89. The summed E-state index contributed by atoms with van der Waals surface area (Å²) in [4.78, 5) is 12.0. The largest absolute Gasteiger partial charge is 0.292 e. The lowest BCUT2D eigenvalue weighted by molar-refractivity contribution is 0.104. The fourth-order valence-electron chi connectivity index (χ4n) is 1.96. The third-order valence-electron chi connectivity index (χ3n) is 2.90. The van der Waals surface area contributed by atoms with Crippen molar-refractivity contribution >= 4 is 48.8 Å². The topological polar surface area (TPSA) is 63.6 Å². The number of sulfonamides is 1. The molecule has 1 aromatic heterocycles. The molecule has 106 valence electrons. The second kappa shape index (κ2) is 5.32. The van der Waals surface area contributed by atoms with Crippen LogP contribution in [0.5, 0.6) is 0 Å². The Morgan fingerprint density at radius 1 is 1.05 bits per heavy atom. The van der Waals surface area contributed by atoms with Crippen molar-refractivity contribution in [2.24, 2.45) is 4.40 Å². The second-order valence-corrected chi connectivity index (χ2v) is 7.88. The number of halogens is 1. The Morgan fingerprint density at radius 3 is 2.43 bits per heavy atom. The van der Waals surface area contributed by atoms with Gasteiger partial charge in [-0.05, 0) is 33.5 Å². The predicted molar refractivity (Wildman–Crippen MR) is 85.8 cm³/mol. The maximum atomic E-state index is 12.3. The molecule has 0 bridgehead atoms. The number of Topliss-reactive ketones (excluding diaryl/α,β-unsaturated/α-hetero) is 1. The van der Waals surface area contributed by atoms with Crippen LogP contribution in [0.1, 0.15) is 15.9 Å². The molecule has 0 saturated carbocycles. The van der Waals surface area contributed by atoms with Gasteiger partial charge in [-0.25, -0.2) is 0 Å². The molecule has 3 rings (SSSR count). The Morgan fingerprint density at radius 2 is 1.76 bits per heavy atom. The fraction of sp³-hybridized carbons (Fsp3) is 0. The summed E-state index contributed by atoms with van der Waals surface area (Å²) in [6.45, 7) is 0. The average Bonchev–Trinajstić information content (AvgIpc) is 2.99. The average molecular weight is 382 g/mol. The van der Waals surface area contributed by atoms with Crippen LogP contribution in [0, 0.1) is 0 Å². The minimum Gasteiger partial charge on any atom is -0.288 e. The monoisotopic (exact) mass is 381 g/mol. The van der Waals surface area contributed by atoms with Gasteiger partial charge >= 0.3 is 0 Å². The summed E-state index contributed by atoms with van der Waals surface area (Å²) in [5.41, 5.74) is 1.21. The maximum Gasteiger partial charge on any atom is 0.292 e. The van der Waals surface area contributed by atoms with Gasteiger partial charge in [0.05, 0.1) is 10.2 Å². The Bertz CT molecular complexity index is 881. The Hall–Kier alpha value is -1.57. The van der Waals surface area contributed by atoms with Crippen LogP contribution < -0.4 is 0 Å². The zero-order valence-electron chi connectivity index (χ0n) is 10.5. The molecular formula is C14H8BrNO3S2. The van der Waals surface area contributed by atoms with Crippen LogP contribution >= 0.6 is 27.3 Å². The van der Waals surface area contributed by atoms with Crippen LogP contribution in [0.4, 0.5) is 0 Å². The summed E-state index contributed by atoms with van der Waals surface area (Å²) in [5.74, 6) is -0.182. The third kappa shape index (κ3) is 2.64. The first-order valence-corrected chi connectivity index (χ1v) is 9.00. The standard InChI is InChI=1S/C14H8BrNO3S2/c15-11-8-12(9-4-1-2-5-10(9)14(11)17)16-21(18,19)13-6-3-7-20-13/h1-8H. The lowest BCUT2D eigenvalue weighted by Gasteiger charge is -2.13. The highest BCUT2D eigenvalue weighted by Crippen LogP contribution is 2.27. The lowest BCUT2D eigenvalue weighted by Crippen LogP contribution is -2.16. The SMILES string of the molecule is O=C1C(Br)=CC(=NS(=O)(=O)c2cccs2)c2ccccc21. The summed E-state index contributed by atoms with van der Waals surface area (Å²) < 4.78 is 28.9. The van der Waals surface area contributed by atoms with Crippen molar-refractivity contribution in [1.82, 2.24) is 0 Å². The number of hydrogen-bond acceptors (Lipinski definition) is 4. The molecular weight excluding hydrogens is 374 g/mol. The van der Waals surface area contributed by atoms with Gasteiger partial charge in [0.2, 0.25) is 5.78 Å². The van der Waals surface area contributed by atoms with E-state index >= 15 is 0 Å². The van der Waals surface area contributed by atoms with E-state index in [1.54, 1.807) is 35.7 Å². The van der Waals surface area contributed by atoms with Gasteiger partial charge in [0.15, 0.2) is 0 Å². The van der Waals surface area contributed by atoms with E-state index in [1.807, 2.05) is 0 Å². The molecule has 1 aliphatic rings. The molecule has 1 aromatic carbocycles. The molecule has 0 atom stereocenters. The zero-order valence-corrected chi connectivity index (χ0v) is 13.7. The number of allylic oxidation sites excluding steroid dienone is 2. The molecule has 7 heteroatoms. The van der Waals surface area contributed by atoms with Crippen molar-refractivity contribution in [3.63, 3.8) is 0 Å². The number of fused-ring (bicyclic) bond motifs is 1. The van der Waals surface area contributed by atoms with Crippen LogP contribution in [-0.4, -0.2) is 19.9 Å². The van der Waals surface area contributed by atoms with Gasteiger partial charge in [-0.2, -0.15) is 12.8 Å². The van der Waals surface area contributed by atoms with E-state index in [9.17, 15) is 13.2 Å². The normalized spacial score (nSPS) is 16.7. The van der Waals surface area contributed by atoms with Gasteiger partial charge in [0, 0.05) is 11.1 Å². The van der Waals surface area contributed by atoms with E-state index in [0.717, 1.165) is 11.3 Å². The van der Waals surface area contributed by atoms with Gasteiger partial charge < -0.3 is 0 Å². The molecule has 0 aliphatic heterocycles. The van der Waals surface area contributed by atoms with Crippen molar-refractivity contribution in [2.45, 2.75) is 4.21 Å². The molecule has 1 heterocycles. The summed E-state index contributed by atoms with van der Waals surface area (Å²) in [6, 6.07) is 9.97. The zero-order chi connectivity index (χ0) is 15.0. The molecule has 1 aliphatic carbocycles. The molecule has 0 radical (unpaired) electrons. The Labute approximate surface area is 134 Å². The first kappa shape index (κ1) is 14.4. The molecule has 0 saturated heterocycles. The number of hydrogen-bond donors (Lipinski definition) is 0. The van der Waals surface area contributed by atoms with Crippen molar-refractivity contribution in [3.05, 3.63) is 63.5 Å². The first-order chi connectivity index (χ1) is 9.99. The lowest BCUT2D eigenvalue weighted by atomic mass is 9.94. The number of carbonyl (C=O) groups excluding carboxylic acids is 1. The fourth-order valence-corrected chi connectivity index (χ4v) is 4.35. The number of ketones is 1. The van der Waals surface area contributed by atoms with Gasteiger partial charge in [-0.15, -0.1) is 11.3 Å². The van der Waals surface area contributed by atoms with Crippen LogP contribution in [0.3, 0.4) is 0 Å². The number of carbonyl (C=O) groups is 1. The summed E-state index contributed by atoms with van der Waals surface area (Å²) >= 11 is 4.27. The highest BCUT2D eigenvalue weighted by atomic mass is 79.9. The molecule has 0 spiro atoms.